The monoisotopic (exact) mass is 345 g/mol. The molecule has 0 saturated carbocycles. The minimum Gasteiger partial charge on any atom is -0.388 e. The van der Waals surface area contributed by atoms with Gasteiger partial charge in [-0.3, -0.25) is 0 Å². The highest BCUT2D eigenvalue weighted by Crippen LogP contribution is 2.23. The molecule has 4 nitrogen and oxygen atoms in total. The fourth-order valence-electron chi connectivity index (χ4n) is 1.82. The lowest BCUT2D eigenvalue weighted by Gasteiger charge is -2.11. The number of rotatable bonds is 6. The smallest absolute Gasteiger partial charge is 0.240 e. The zero-order chi connectivity index (χ0) is 15.5. The zero-order valence-electron chi connectivity index (χ0n) is 11.4. The number of hydrogen-bond donors (Lipinski definition) is 2. The Morgan fingerprint density at radius 2 is 2.10 bits per heavy atom. The fourth-order valence-corrected chi connectivity index (χ4v) is 4.00. The first-order valence-electron chi connectivity index (χ1n) is 6.44. The Morgan fingerprint density at radius 3 is 2.71 bits per heavy atom. The summed E-state index contributed by atoms with van der Waals surface area (Å²) in [6.07, 6.45) is -0.124. The quantitative estimate of drug-likeness (QED) is 0.844. The van der Waals surface area contributed by atoms with Crippen molar-refractivity contribution >= 4 is 33.0 Å². The lowest BCUT2D eigenvalue weighted by molar-refractivity contribution is 0.173. The summed E-state index contributed by atoms with van der Waals surface area (Å²) in [6, 6.07) is 9.87. The number of nitrogens with one attached hydrogen (secondary N) is 1. The molecule has 114 valence electrons. The molecule has 1 aromatic heterocycles. The topological polar surface area (TPSA) is 66.4 Å². The molecule has 0 radical (unpaired) electrons. The molecule has 7 heteroatoms. The van der Waals surface area contributed by atoms with Gasteiger partial charge in [0.15, 0.2) is 0 Å². The average Bonchev–Trinajstić information content (AvgIpc) is 2.90. The van der Waals surface area contributed by atoms with Crippen molar-refractivity contribution in [1.82, 2.24) is 4.72 Å². The molecule has 0 aliphatic heterocycles. The highest BCUT2D eigenvalue weighted by atomic mass is 35.5. The van der Waals surface area contributed by atoms with Crippen molar-refractivity contribution in [2.75, 3.05) is 0 Å². The van der Waals surface area contributed by atoms with E-state index in [4.69, 9.17) is 11.6 Å². The Kier molecular flexibility index (Phi) is 5.40. The van der Waals surface area contributed by atoms with Gasteiger partial charge in [0.25, 0.3) is 0 Å². The van der Waals surface area contributed by atoms with Crippen LogP contribution in [0.3, 0.4) is 0 Å². The Hall–Kier alpha value is -0.920. The van der Waals surface area contributed by atoms with Crippen LogP contribution in [0.15, 0.2) is 41.3 Å². The van der Waals surface area contributed by atoms with Crippen LogP contribution in [0.4, 0.5) is 0 Å². The maximum Gasteiger partial charge on any atom is 0.240 e. The van der Waals surface area contributed by atoms with E-state index in [0.29, 0.717) is 16.3 Å². The first-order chi connectivity index (χ1) is 9.92. The molecular formula is C14H16ClNO3S2. The molecule has 21 heavy (non-hydrogen) atoms. The number of aliphatic hydroxyl groups excluding tert-OH is 1. The molecule has 2 aromatic rings. The predicted molar refractivity (Wildman–Crippen MR) is 85.0 cm³/mol. The van der Waals surface area contributed by atoms with E-state index in [1.165, 1.54) is 23.5 Å². The largest absolute Gasteiger partial charge is 0.388 e. The summed E-state index contributed by atoms with van der Waals surface area (Å²) in [5.74, 6) is 0. The number of benzene rings is 1. The number of thiophene rings is 1. The molecule has 0 aliphatic rings. The Labute approximate surface area is 133 Å². The van der Waals surface area contributed by atoms with Gasteiger partial charge in [0.1, 0.15) is 0 Å². The van der Waals surface area contributed by atoms with Gasteiger partial charge in [-0.2, -0.15) is 0 Å². The molecule has 0 amide bonds. The van der Waals surface area contributed by atoms with E-state index < -0.39 is 16.1 Å². The van der Waals surface area contributed by atoms with Crippen molar-refractivity contribution in [2.24, 2.45) is 0 Å². The summed E-state index contributed by atoms with van der Waals surface area (Å²) in [5.41, 5.74) is 0.597. The van der Waals surface area contributed by atoms with Crippen LogP contribution in [-0.4, -0.2) is 13.5 Å². The maximum absolute atomic E-state index is 12.3. The molecule has 1 aromatic carbocycles. The second-order valence-electron chi connectivity index (χ2n) is 4.53. The molecule has 2 N–H and O–H groups in total. The number of sulfonamides is 1. The third-order valence-corrected chi connectivity index (χ3v) is 5.64. The summed E-state index contributed by atoms with van der Waals surface area (Å²) in [5, 5.41) is 9.80. The molecule has 1 unspecified atom stereocenters. The van der Waals surface area contributed by atoms with Gasteiger partial charge in [0.2, 0.25) is 10.0 Å². The molecule has 2 rings (SSSR count). The van der Waals surface area contributed by atoms with Crippen LogP contribution in [0.2, 0.25) is 4.34 Å². The van der Waals surface area contributed by atoms with Gasteiger partial charge < -0.3 is 5.11 Å². The normalized spacial score (nSPS) is 13.3. The van der Waals surface area contributed by atoms with Crippen molar-refractivity contribution in [3.8, 4) is 0 Å². The SMILES string of the molecule is CCC(O)c1cccc(S(=O)(=O)NCc2ccc(Cl)s2)c1. The summed E-state index contributed by atoms with van der Waals surface area (Å²) in [6.45, 7) is 2.03. The van der Waals surface area contributed by atoms with Gasteiger partial charge in [-0.15, -0.1) is 11.3 Å². The van der Waals surface area contributed by atoms with Crippen LogP contribution in [0, 0.1) is 0 Å². The van der Waals surface area contributed by atoms with Crippen molar-refractivity contribution in [3.05, 3.63) is 51.2 Å². The van der Waals surface area contributed by atoms with E-state index in [1.54, 1.807) is 24.3 Å². The van der Waals surface area contributed by atoms with Gasteiger partial charge in [0, 0.05) is 11.4 Å². The summed E-state index contributed by atoms with van der Waals surface area (Å²) in [7, 11) is -3.61. The summed E-state index contributed by atoms with van der Waals surface area (Å²) in [4.78, 5) is 0.989. The van der Waals surface area contributed by atoms with Crippen LogP contribution in [0.25, 0.3) is 0 Å². The predicted octanol–water partition coefficient (Wildman–Crippen LogP) is 3.32. The molecule has 0 spiro atoms. The number of halogens is 1. The summed E-state index contributed by atoms with van der Waals surface area (Å²) < 4.78 is 27.7. The van der Waals surface area contributed by atoms with Gasteiger partial charge in [-0.1, -0.05) is 30.7 Å². The third kappa shape index (κ3) is 4.28. The third-order valence-electron chi connectivity index (χ3n) is 3.01. The van der Waals surface area contributed by atoms with E-state index in [-0.39, 0.29) is 11.4 Å². The molecule has 0 saturated heterocycles. The van der Waals surface area contributed by atoms with Crippen LogP contribution in [-0.2, 0) is 16.6 Å². The van der Waals surface area contributed by atoms with Crippen LogP contribution in [0.1, 0.15) is 29.9 Å². The van der Waals surface area contributed by atoms with Crippen molar-refractivity contribution in [1.29, 1.82) is 0 Å². The van der Waals surface area contributed by atoms with Crippen LogP contribution >= 0.6 is 22.9 Å². The van der Waals surface area contributed by atoms with E-state index >= 15 is 0 Å². The van der Waals surface area contributed by atoms with Gasteiger partial charge in [-0.05, 0) is 36.2 Å². The van der Waals surface area contributed by atoms with E-state index in [1.807, 2.05) is 6.92 Å². The van der Waals surface area contributed by atoms with E-state index in [9.17, 15) is 13.5 Å². The Bertz CT molecular complexity index is 713. The minimum absolute atomic E-state index is 0.148. The highest BCUT2D eigenvalue weighted by molar-refractivity contribution is 7.89. The zero-order valence-corrected chi connectivity index (χ0v) is 13.8. The molecular weight excluding hydrogens is 330 g/mol. The second-order valence-corrected chi connectivity index (χ2v) is 8.09. The van der Waals surface area contributed by atoms with Crippen LogP contribution < -0.4 is 4.72 Å². The van der Waals surface area contributed by atoms with Crippen molar-refractivity contribution < 1.29 is 13.5 Å². The van der Waals surface area contributed by atoms with E-state index in [0.717, 1.165) is 4.88 Å². The second kappa shape index (κ2) is 6.89. The molecule has 0 aliphatic carbocycles. The van der Waals surface area contributed by atoms with Gasteiger partial charge in [0.05, 0.1) is 15.3 Å². The fraction of sp³-hybridized carbons (Fsp3) is 0.286. The maximum atomic E-state index is 12.3. The molecule has 1 heterocycles. The number of aliphatic hydroxyl groups is 1. The molecule has 0 bridgehead atoms. The first-order valence-corrected chi connectivity index (χ1v) is 9.12. The van der Waals surface area contributed by atoms with Crippen LogP contribution in [0.5, 0.6) is 0 Å². The van der Waals surface area contributed by atoms with Gasteiger partial charge >= 0.3 is 0 Å². The lowest BCUT2D eigenvalue weighted by Crippen LogP contribution is -2.23. The highest BCUT2D eigenvalue weighted by Gasteiger charge is 2.16. The Balaban J connectivity index is 2.15. The molecule has 1 atom stereocenters. The standard InChI is InChI=1S/C14H16ClNO3S2/c1-2-13(17)10-4-3-5-12(8-10)21(18,19)16-9-11-6-7-14(15)20-11/h3-8,13,16-17H,2,9H2,1H3. The van der Waals surface area contributed by atoms with E-state index in [2.05, 4.69) is 4.72 Å². The lowest BCUT2D eigenvalue weighted by atomic mass is 10.1. The minimum atomic E-state index is -3.61. The Morgan fingerprint density at radius 1 is 1.33 bits per heavy atom. The van der Waals surface area contributed by atoms with Crippen molar-refractivity contribution in [2.45, 2.75) is 30.9 Å². The van der Waals surface area contributed by atoms with Gasteiger partial charge in [-0.25, -0.2) is 13.1 Å². The molecule has 0 fully saturated rings. The average molecular weight is 346 g/mol. The summed E-state index contributed by atoms with van der Waals surface area (Å²) >= 11 is 7.15. The first kappa shape index (κ1) is 16.5. The number of hydrogen-bond acceptors (Lipinski definition) is 4. The van der Waals surface area contributed by atoms with Crippen molar-refractivity contribution in [3.63, 3.8) is 0 Å².